The maximum Gasteiger partial charge on any atom is 0.311 e. The van der Waals surface area contributed by atoms with Gasteiger partial charge in [0.1, 0.15) is 12.2 Å². The smallest absolute Gasteiger partial charge is 0.311 e. The number of allylic oxidation sites excluding steroid dienone is 3. The van der Waals surface area contributed by atoms with Crippen LogP contribution in [0.5, 0.6) is 0 Å². The molecule has 0 bridgehead atoms. The van der Waals surface area contributed by atoms with Crippen molar-refractivity contribution in [1.82, 2.24) is 0 Å². The highest BCUT2D eigenvalue weighted by Crippen LogP contribution is 2.45. The van der Waals surface area contributed by atoms with Crippen LogP contribution in [0.2, 0.25) is 0 Å². The molecule has 5 heteroatoms. The van der Waals surface area contributed by atoms with Gasteiger partial charge in [-0.2, -0.15) is 0 Å². The number of ether oxygens (including phenoxy) is 2. The van der Waals surface area contributed by atoms with E-state index in [-0.39, 0.29) is 36.5 Å². The summed E-state index contributed by atoms with van der Waals surface area (Å²) in [6.45, 7) is 4.76. The number of cyclic esters (lactones) is 1. The summed E-state index contributed by atoms with van der Waals surface area (Å²) in [6, 6.07) is 0. The van der Waals surface area contributed by atoms with Gasteiger partial charge < -0.3 is 14.6 Å². The molecule has 2 unspecified atom stereocenters. The lowest BCUT2D eigenvalue weighted by Crippen LogP contribution is -2.43. The van der Waals surface area contributed by atoms with Crippen LogP contribution in [0.25, 0.3) is 0 Å². The van der Waals surface area contributed by atoms with Gasteiger partial charge in [0.05, 0.1) is 17.9 Å². The second-order valence-corrected chi connectivity index (χ2v) is 9.39. The molecule has 0 aromatic carbocycles. The van der Waals surface area contributed by atoms with Crippen LogP contribution >= 0.6 is 0 Å². The molecule has 0 radical (unpaired) electrons. The minimum atomic E-state index is -2.48. The van der Waals surface area contributed by atoms with Crippen molar-refractivity contribution in [3.63, 3.8) is 0 Å². The van der Waals surface area contributed by atoms with E-state index in [0.29, 0.717) is 19.3 Å². The first-order valence-corrected chi connectivity index (χ1v) is 11.1. The maximum absolute atomic E-state index is 13.2. The van der Waals surface area contributed by atoms with Gasteiger partial charge in [-0.3, -0.25) is 9.59 Å². The van der Waals surface area contributed by atoms with Gasteiger partial charge in [-0.1, -0.05) is 39.0 Å². The lowest BCUT2D eigenvalue weighted by molar-refractivity contribution is -0.166. The Morgan fingerprint density at radius 3 is 2.93 bits per heavy atom. The molecule has 1 heterocycles. The van der Waals surface area contributed by atoms with Crippen molar-refractivity contribution in [2.45, 2.75) is 91.3 Å². The van der Waals surface area contributed by atoms with E-state index in [9.17, 15) is 9.59 Å². The van der Waals surface area contributed by atoms with Gasteiger partial charge in [-0.15, -0.1) is 0 Å². The molecule has 0 saturated carbocycles. The molecule has 3 rings (SSSR count). The zero-order valence-corrected chi connectivity index (χ0v) is 18.4. The predicted octanol–water partition coefficient (Wildman–Crippen LogP) is 4.59. The van der Waals surface area contributed by atoms with Crippen molar-refractivity contribution in [2.75, 3.05) is 0 Å². The van der Waals surface area contributed by atoms with Crippen LogP contribution in [0.15, 0.2) is 23.8 Å². The number of aliphatic hydroxyl groups excluding tert-OH is 1. The zero-order valence-electron chi connectivity index (χ0n) is 24.4. The lowest BCUT2D eigenvalue weighted by atomic mass is 9.65. The number of carbonyl (C=O) groups is 2. The SMILES string of the molecule is [2H]O[C@@H]1CC(CC[C@@H]2[C@@H]3C(=C[C@H](C)C[C@@H]3OC(=O)C(C)(CC)C([2H])([2H])[2H])C=C[C@@H]2C)OC(=O)C1([2H])[2H]. The number of aliphatic hydroxyl groups is 1. The number of fused-ring (bicyclic) bond motifs is 1. The van der Waals surface area contributed by atoms with Gasteiger partial charge in [0.2, 0.25) is 1.43 Å². The standard InChI is InChI=1S/C25H38O5/c1-6-25(4,5)24(28)30-21-12-15(2)11-17-8-7-16(3)20(23(17)21)10-9-19-13-18(26)14-22(27)29-19/h7-8,11,15-16,18-21,23,26H,6,9-10,12-14H2,1-5H3/t15-,16-,18+,19?,20-,21-,23-/m0/s1/i4D3,14D2,26D/t15-,16-,18+,19?,20-,21-,23-,25?. The third kappa shape index (κ3) is 5.16. The quantitative estimate of drug-likeness (QED) is 0.605. The van der Waals surface area contributed by atoms with Crippen molar-refractivity contribution in [1.29, 1.82) is 1.43 Å². The summed E-state index contributed by atoms with van der Waals surface area (Å²) in [6.07, 6.45) is 3.62. The van der Waals surface area contributed by atoms with Crippen LogP contribution < -0.4 is 0 Å². The second-order valence-electron chi connectivity index (χ2n) is 9.39. The predicted molar refractivity (Wildman–Crippen MR) is 115 cm³/mol. The van der Waals surface area contributed by atoms with Gasteiger partial charge >= 0.3 is 11.9 Å². The van der Waals surface area contributed by atoms with Crippen molar-refractivity contribution in [2.24, 2.45) is 29.1 Å². The summed E-state index contributed by atoms with van der Waals surface area (Å²) in [5.74, 6) is -1.52. The van der Waals surface area contributed by atoms with Crippen LogP contribution in [-0.2, 0) is 19.1 Å². The largest absolute Gasteiger partial charge is 0.462 e. The molecule has 3 aliphatic rings. The molecule has 30 heavy (non-hydrogen) atoms. The van der Waals surface area contributed by atoms with Crippen molar-refractivity contribution in [3.8, 4) is 0 Å². The van der Waals surface area contributed by atoms with Crippen molar-refractivity contribution in [3.05, 3.63) is 23.8 Å². The van der Waals surface area contributed by atoms with Gasteiger partial charge in [-0.25, -0.2) is 0 Å². The van der Waals surface area contributed by atoms with E-state index >= 15 is 0 Å². The fourth-order valence-corrected chi connectivity index (χ4v) is 4.85. The highest BCUT2D eigenvalue weighted by atomic mass is 16.6. The molecule has 0 amide bonds. The normalized spacial score (nSPS) is 43.1. The Morgan fingerprint density at radius 2 is 2.23 bits per heavy atom. The molecule has 1 fully saturated rings. The van der Waals surface area contributed by atoms with E-state index in [1.54, 1.807) is 6.92 Å². The number of rotatable bonds is 7. The summed E-state index contributed by atoms with van der Waals surface area (Å²) in [5, 5.41) is 4.50. The van der Waals surface area contributed by atoms with Crippen molar-refractivity contribution < 1.29 is 31.0 Å². The third-order valence-corrected chi connectivity index (χ3v) is 6.86. The minimum absolute atomic E-state index is 0.0416. The van der Waals surface area contributed by atoms with E-state index in [2.05, 4.69) is 30.3 Å². The minimum Gasteiger partial charge on any atom is -0.462 e. The fourth-order valence-electron chi connectivity index (χ4n) is 4.85. The fraction of sp³-hybridized carbons (Fsp3) is 0.760. The number of hydrogen-bond donors (Lipinski definition) is 1. The van der Waals surface area contributed by atoms with Gasteiger partial charge in [0.15, 0.2) is 0 Å². The molecule has 1 N–H and O–H groups in total. The average Bonchev–Trinajstić information content (AvgIpc) is 2.79. The third-order valence-electron chi connectivity index (χ3n) is 6.86. The van der Waals surface area contributed by atoms with Crippen LogP contribution in [0.4, 0.5) is 0 Å². The molecule has 168 valence electrons. The van der Waals surface area contributed by atoms with E-state index in [4.69, 9.17) is 17.8 Å². The topological polar surface area (TPSA) is 72.8 Å². The molecule has 8 atom stereocenters. The highest BCUT2D eigenvalue weighted by molar-refractivity contribution is 5.76. The number of carbonyl (C=O) groups excluding carboxylic acids is 2. The Bertz CT molecular complexity index is 900. The van der Waals surface area contributed by atoms with E-state index in [1.165, 1.54) is 6.92 Å². The first-order chi connectivity index (χ1) is 16.7. The van der Waals surface area contributed by atoms with Gasteiger partial charge in [-0.05, 0) is 62.8 Å². The van der Waals surface area contributed by atoms with E-state index in [1.807, 2.05) is 6.92 Å². The maximum atomic E-state index is 13.2. The van der Waals surface area contributed by atoms with Gasteiger partial charge in [0.25, 0.3) is 0 Å². The Hall–Kier alpha value is -1.62. The lowest BCUT2D eigenvalue weighted by Gasteiger charge is -2.44. The summed E-state index contributed by atoms with van der Waals surface area (Å²) in [5.41, 5.74) is -0.532. The summed E-state index contributed by atoms with van der Waals surface area (Å²) in [4.78, 5) is 25.4. The summed E-state index contributed by atoms with van der Waals surface area (Å²) in [7, 11) is 0. The molecule has 0 spiro atoms. The number of esters is 2. The molecule has 0 aromatic rings. The van der Waals surface area contributed by atoms with Crippen LogP contribution in [0.1, 0.15) is 79.9 Å². The Morgan fingerprint density at radius 1 is 1.43 bits per heavy atom. The number of hydrogen-bond acceptors (Lipinski definition) is 5. The van der Waals surface area contributed by atoms with Crippen LogP contribution in [-0.4, -0.2) is 36.8 Å². The Balaban J connectivity index is 1.80. The highest BCUT2D eigenvalue weighted by Gasteiger charge is 2.43. The summed E-state index contributed by atoms with van der Waals surface area (Å²) >= 11 is 0. The van der Waals surface area contributed by atoms with Gasteiger partial charge in [0, 0.05) is 19.2 Å². The monoisotopic (exact) mass is 424 g/mol. The van der Waals surface area contributed by atoms with E-state index in [0.717, 1.165) is 5.57 Å². The molecule has 2 aliphatic carbocycles. The molecule has 0 aromatic heterocycles. The van der Waals surface area contributed by atoms with Crippen LogP contribution in [0.3, 0.4) is 0 Å². The second kappa shape index (κ2) is 9.25. The van der Waals surface area contributed by atoms with E-state index < -0.39 is 48.9 Å². The van der Waals surface area contributed by atoms with Crippen molar-refractivity contribution >= 4 is 11.9 Å². The Labute approximate surface area is 189 Å². The Kier molecular flexibility index (Phi) is 4.96. The summed E-state index contributed by atoms with van der Waals surface area (Å²) < 4.78 is 57.9. The molecular formula is C25H38O5. The first-order valence-electron chi connectivity index (χ1n) is 14.0. The van der Waals surface area contributed by atoms with Crippen LogP contribution in [0, 0.1) is 29.1 Å². The zero-order chi connectivity index (χ0) is 27.1. The molecular weight excluding hydrogens is 380 g/mol. The molecule has 1 aliphatic heterocycles. The average molecular weight is 425 g/mol. The molecule has 5 nitrogen and oxygen atoms in total. The molecule has 1 saturated heterocycles. The first kappa shape index (κ1) is 16.1.